The van der Waals surface area contributed by atoms with Crippen LogP contribution in [-0.4, -0.2) is 66.3 Å². The second-order valence-corrected chi connectivity index (χ2v) is 11.2. The van der Waals surface area contributed by atoms with E-state index >= 15 is 4.39 Å². The van der Waals surface area contributed by atoms with Gasteiger partial charge < -0.3 is 19.3 Å². The minimum Gasteiger partial charge on any atom is -0.483 e. The van der Waals surface area contributed by atoms with Crippen LogP contribution in [0.5, 0.6) is 11.6 Å². The molecule has 0 spiro atoms. The Morgan fingerprint density at radius 2 is 1.90 bits per heavy atom. The normalized spacial score (nSPS) is 15.8. The van der Waals surface area contributed by atoms with Crippen LogP contribution in [0.1, 0.15) is 46.1 Å². The van der Waals surface area contributed by atoms with E-state index in [2.05, 4.69) is 9.84 Å². The van der Waals surface area contributed by atoms with Gasteiger partial charge in [-0.3, -0.25) is 18.6 Å². The third-order valence-electron chi connectivity index (χ3n) is 5.96. The number of aliphatic carboxylic acids is 1. The Morgan fingerprint density at radius 1 is 1.23 bits per heavy atom. The van der Waals surface area contributed by atoms with Crippen LogP contribution in [-0.2, 0) is 37.3 Å². The maximum atomic E-state index is 15.3. The van der Waals surface area contributed by atoms with Crippen LogP contribution >= 0.6 is 0 Å². The van der Waals surface area contributed by atoms with Crippen molar-refractivity contribution in [2.24, 2.45) is 0 Å². The molecule has 0 saturated heterocycles. The van der Waals surface area contributed by atoms with Crippen LogP contribution in [0.2, 0.25) is 0 Å². The number of carbonyl (C=O) groups is 2. The summed E-state index contributed by atoms with van der Waals surface area (Å²) >= 11 is 0. The molecule has 0 aliphatic carbocycles. The van der Waals surface area contributed by atoms with E-state index in [4.69, 9.17) is 14.6 Å². The quantitative estimate of drug-likeness (QED) is 0.305. The predicted octanol–water partition coefficient (Wildman–Crippen LogP) is 3.69. The number of esters is 1. The maximum absolute atomic E-state index is 15.3. The zero-order valence-electron chi connectivity index (χ0n) is 22.1. The highest BCUT2D eigenvalue weighted by molar-refractivity contribution is 7.93. The van der Waals surface area contributed by atoms with Crippen molar-refractivity contribution >= 4 is 27.6 Å². The molecule has 1 aliphatic rings. The van der Waals surface area contributed by atoms with Crippen LogP contribution in [0, 0.1) is 5.82 Å². The number of hydrogen-bond acceptors (Lipinski definition) is 8. The fraction of sp³-hybridized carbons (Fsp3) is 0.542. The summed E-state index contributed by atoms with van der Waals surface area (Å²) in [5.74, 6) is -4.35. The van der Waals surface area contributed by atoms with Crippen LogP contribution in [0.25, 0.3) is 0 Å². The summed E-state index contributed by atoms with van der Waals surface area (Å²) in [4.78, 5) is 23.1. The van der Waals surface area contributed by atoms with Gasteiger partial charge in [-0.2, -0.15) is 13.2 Å². The average Bonchev–Trinajstić information content (AvgIpc) is 3.25. The molecule has 2 aromatic rings. The highest BCUT2D eigenvalue weighted by Crippen LogP contribution is 2.42. The third-order valence-corrected chi connectivity index (χ3v) is 7.72. The third kappa shape index (κ3) is 6.59. The van der Waals surface area contributed by atoms with Gasteiger partial charge in [-0.15, -0.1) is 5.10 Å². The van der Waals surface area contributed by atoms with E-state index in [1.165, 1.54) is 10.9 Å². The van der Waals surface area contributed by atoms with Crippen molar-refractivity contribution in [2.75, 3.05) is 17.5 Å². The number of halogens is 4. The first-order valence-electron chi connectivity index (χ1n) is 12.2. The summed E-state index contributed by atoms with van der Waals surface area (Å²) in [5.41, 5.74) is -3.33. The molecular formula is C24H29F4N3O8S. The van der Waals surface area contributed by atoms with E-state index in [9.17, 15) is 31.2 Å². The topological polar surface area (TPSA) is 137 Å². The van der Waals surface area contributed by atoms with Crippen molar-refractivity contribution in [2.45, 2.75) is 76.3 Å². The predicted molar refractivity (Wildman–Crippen MR) is 131 cm³/mol. The molecule has 0 fully saturated rings. The van der Waals surface area contributed by atoms with Gasteiger partial charge in [0.15, 0.2) is 16.5 Å². The molecule has 16 heteroatoms. The SMILES string of the molecule is CCOc1nn(CC)cc1S(=O)(=O)N1C[C@H](CCC(=O)O)Oc2c(F)cc(CC(=O)OC(C)(C)C(F)(F)F)cc21. The number of alkyl halides is 3. The Labute approximate surface area is 227 Å². The fourth-order valence-corrected chi connectivity index (χ4v) is 5.38. The van der Waals surface area contributed by atoms with Crippen molar-refractivity contribution in [1.82, 2.24) is 9.78 Å². The lowest BCUT2D eigenvalue weighted by Crippen LogP contribution is -2.44. The molecule has 222 valence electrons. The first-order chi connectivity index (χ1) is 18.5. The van der Waals surface area contributed by atoms with Crippen LogP contribution in [0.4, 0.5) is 23.2 Å². The summed E-state index contributed by atoms with van der Waals surface area (Å²) in [6.45, 7) is 4.60. The second kappa shape index (κ2) is 11.5. The van der Waals surface area contributed by atoms with E-state index in [1.807, 2.05) is 0 Å². The zero-order chi connectivity index (χ0) is 30.0. The number of nitrogens with zero attached hydrogens (tertiary/aromatic N) is 3. The Kier molecular flexibility index (Phi) is 8.91. The van der Waals surface area contributed by atoms with Crippen molar-refractivity contribution in [3.8, 4) is 11.6 Å². The smallest absolute Gasteiger partial charge is 0.427 e. The number of rotatable bonds is 11. The summed E-state index contributed by atoms with van der Waals surface area (Å²) < 4.78 is 100. The molecule has 0 radical (unpaired) electrons. The fourth-order valence-electron chi connectivity index (χ4n) is 3.81. The molecule has 0 amide bonds. The summed E-state index contributed by atoms with van der Waals surface area (Å²) in [6.07, 6.45) is -6.07. The van der Waals surface area contributed by atoms with Crippen LogP contribution in [0.15, 0.2) is 23.2 Å². The van der Waals surface area contributed by atoms with Crippen molar-refractivity contribution in [3.63, 3.8) is 0 Å². The number of ether oxygens (including phenoxy) is 3. The lowest BCUT2D eigenvalue weighted by Gasteiger charge is -2.35. The number of aromatic nitrogens is 2. The molecule has 1 aromatic heterocycles. The summed E-state index contributed by atoms with van der Waals surface area (Å²) in [5, 5.41) is 13.2. The first kappa shape index (κ1) is 31.0. The molecule has 0 saturated carbocycles. The molecule has 1 N–H and O–H groups in total. The summed E-state index contributed by atoms with van der Waals surface area (Å²) in [7, 11) is -4.53. The number of aryl methyl sites for hydroxylation is 1. The minimum atomic E-state index is -4.87. The van der Waals surface area contributed by atoms with Crippen molar-refractivity contribution in [1.29, 1.82) is 0 Å². The molecule has 1 atom stereocenters. The molecular weight excluding hydrogens is 566 g/mol. The number of sulfonamides is 1. The van der Waals surface area contributed by atoms with Gasteiger partial charge in [-0.25, -0.2) is 12.8 Å². The molecule has 0 bridgehead atoms. The number of anilines is 1. The lowest BCUT2D eigenvalue weighted by molar-refractivity contribution is -0.257. The van der Waals surface area contributed by atoms with Gasteiger partial charge >= 0.3 is 18.1 Å². The summed E-state index contributed by atoms with van der Waals surface area (Å²) in [6, 6.07) is 1.90. The van der Waals surface area contributed by atoms with E-state index in [0.717, 1.165) is 16.4 Å². The molecule has 1 aliphatic heterocycles. The molecule has 11 nitrogen and oxygen atoms in total. The van der Waals surface area contributed by atoms with E-state index in [0.29, 0.717) is 20.4 Å². The number of carboxylic acid groups (broad SMARTS) is 1. The zero-order valence-corrected chi connectivity index (χ0v) is 22.9. The average molecular weight is 596 g/mol. The minimum absolute atomic E-state index is 0.0827. The molecule has 1 aromatic carbocycles. The number of fused-ring (bicyclic) bond motifs is 1. The van der Waals surface area contributed by atoms with E-state index in [1.54, 1.807) is 13.8 Å². The van der Waals surface area contributed by atoms with Crippen LogP contribution in [0.3, 0.4) is 0 Å². The molecule has 40 heavy (non-hydrogen) atoms. The number of benzene rings is 1. The first-order valence-corrected chi connectivity index (χ1v) is 13.7. The van der Waals surface area contributed by atoms with Gasteiger partial charge in [0.25, 0.3) is 15.9 Å². The Hall–Kier alpha value is -3.56. The van der Waals surface area contributed by atoms with Gasteiger partial charge in [0, 0.05) is 19.2 Å². The van der Waals surface area contributed by atoms with Gasteiger partial charge in [-0.1, -0.05) is 0 Å². The van der Waals surface area contributed by atoms with Gasteiger partial charge in [0.2, 0.25) is 5.60 Å². The van der Waals surface area contributed by atoms with E-state index < -0.39 is 70.8 Å². The molecule has 0 unspecified atom stereocenters. The Balaban J connectivity index is 2.07. The molecule has 2 heterocycles. The number of carboxylic acids is 1. The number of carbonyl (C=O) groups excluding carboxylic acids is 1. The highest BCUT2D eigenvalue weighted by Gasteiger charge is 2.50. The lowest BCUT2D eigenvalue weighted by atomic mass is 10.1. The maximum Gasteiger partial charge on any atom is 0.427 e. The van der Waals surface area contributed by atoms with E-state index in [-0.39, 0.29) is 35.1 Å². The Bertz CT molecular complexity index is 1370. The molecule has 3 rings (SSSR count). The van der Waals surface area contributed by atoms with Gasteiger partial charge in [0.1, 0.15) is 6.10 Å². The largest absolute Gasteiger partial charge is 0.483 e. The standard InChI is InChI=1S/C24H29F4N3O8S/c1-5-30-13-18(22(29-30)37-6-2)40(35,36)31-12-15(7-8-19(32)33)38-21-16(25)9-14(10-17(21)31)11-20(34)39-23(3,4)24(26,27)28/h9-10,13,15H,5-8,11-12H2,1-4H3,(H,32,33)/t15-/m0/s1. The Morgan fingerprint density at radius 3 is 2.48 bits per heavy atom. The highest BCUT2D eigenvalue weighted by atomic mass is 32.2. The monoisotopic (exact) mass is 595 g/mol. The van der Waals surface area contributed by atoms with Gasteiger partial charge in [0.05, 0.1) is 25.3 Å². The van der Waals surface area contributed by atoms with Crippen LogP contribution < -0.4 is 13.8 Å². The number of hydrogen-bond donors (Lipinski definition) is 1. The van der Waals surface area contributed by atoms with Crippen molar-refractivity contribution in [3.05, 3.63) is 29.7 Å². The van der Waals surface area contributed by atoms with Gasteiger partial charge in [-0.05, 0) is 51.8 Å². The van der Waals surface area contributed by atoms with Crippen molar-refractivity contribution < 1.29 is 54.9 Å². The second-order valence-electron chi connectivity index (χ2n) is 9.38.